The fourth-order valence-electron chi connectivity index (χ4n) is 3.99. The van der Waals surface area contributed by atoms with Gasteiger partial charge in [0.2, 0.25) is 0 Å². The number of phosphoric ester groups is 1. The van der Waals surface area contributed by atoms with Crippen LogP contribution in [0.5, 0.6) is 5.75 Å². The first-order valence-corrected chi connectivity index (χ1v) is 9.95. The Balaban J connectivity index is 1.94. The van der Waals surface area contributed by atoms with Gasteiger partial charge in [0, 0.05) is 11.1 Å². The van der Waals surface area contributed by atoms with E-state index in [-0.39, 0.29) is 0 Å². The quantitative estimate of drug-likeness (QED) is 0.741. The van der Waals surface area contributed by atoms with Crippen LogP contribution in [0.1, 0.15) is 29.5 Å². The average Bonchev–Trinajstić information content (AvgIpc) is 2.73. The zero-order chi connectivity index (χ0) is 17.0. The Bertz CT molecular complexity index is 1080. The SMILES string of the molecule is O=P1(O)Oc2ccc3c(c2C2=c4ccccc4=CCC2O1)C=CCC3. The molecule has 0 bridgehead atoms. The van der Waals surface area contributed by atoms with E-state index in [0.717, 1.165) is 40.0 Å². The van der Waals surface area contributed by atoms with E-state index < -0.39 is 13.9 Å². The molecule has 0 saturated heterocycles. The fraction of sp³-hybridized carbons (Fsp3) is 0.200. The molecule has 0 aromatic heterocycles. The van der Waals surface area contributed by atoms with E-state index in [2.05, 4.69) is 24.3 Å². The van der Waals surface area contributed by atoms with Crippen LogP contribution in [0.15, 0.2) is 42.5 Å². The molecule has 0 radical (unpaired) electrons. The number of rotatable bonds is 0. The summed E-state index contributed by atoms with van der Waals surface area (Å²) in [4.78, 5) is 10.2. The van der Waals surface area contributed by atoms with Crippen LogP contribution in [-0.4, -0.2) is 11.0 Å². The van der Waals surface area contributed by atoms with Crippen LogP contribution in [0, 0.1) is 0 Å². The Hall–Kier alpha value is -2.13. The molecule has 2 unspecified atom stereocenters. The van der Waals surface area contributed by atoms with Gasteiger partial charge in [-0.3, -0.25) is 9.42 Å². The minimum absolute atomic E-state index is 0.422. The molecule has 1 aliphatic heterocycles. The van der Waals surface area contributed by atoms with Crippen molar-refractivity contribution in [3.63, 3.8) is 0 Å². The van der Waals surface area contributed by atoms with E-state index in [1.165, 1.54) is 5.56 Å². The Kier molecular flexibility index (Phi) is 3.29. The van der Waals surface area contributed by atoms with Crippen LogP contribution in [0.2, 0.25) is 0 Å². The Morgan fingerprint density at radius 3 is 2.96 bits per heavy atom. The Morgan fingerprint density at radius 2 is 2.04 bits per heavy atom. The molecular formula is C20H17O4P. The predicted molar refractivity (Wildman–Crippen MR) is 96.4 cm³/mol. The molecule has 1 heterocycles. The summed E-state index contributed by atoms with van der Waals surface area (Å²) in [5.74, 6) is 0.422. The summed E-state index contributed by atoms with van der Waals surface area (Å²) < 4.78 is 23.4. The maximum atomic E-state index is 12.4. The lowest BCUT2D eigenvalue weighted by molar-refractivity contribution is 0.179. The first kappa shape index (κ1) is 15.2. The molecule has 0 saturated carbocycles. The smallest absolute Gasteiger partial charge is 0.403 e. The number of aryl methyl sites for hydroxylation is 1. The van der Waals surface area contributed by atoms with Crippen LogP contribution in [0.25, 0.3) is 17.7 Å². The van der Waals surface area contributed by atoms with Crippen LogP contribution < -0.4 is 15.0 Å². The summed E-state index contributed by atoms with van der Waals surface area (Å²) in [7, 11) is -4.16. The Morgan fingerprint density at radius 1 is 1.16 bits per heavy atom. The molecule has 2 aliphatic carbocycles. The van der Waals surface area contributed by atoms with Crippen molar-refractivity contribution in [2.24, 2.45) is 0 Å². The molecule has 5 rings (SSSR count). The van der Waals surface area contributed by atoms with Gasteiger partial charge in [-0.25, -0.2) is 4.57 Å². The van der Waals surface area contributed by atoms with Gasteiger partial charge in [0.25, 0.3) is 0 Å². The maximum absolute atomic E-state index is 12.4. The molecule has 2 atom stereocenters. The van der Waals surface area contributed by atoms with Crippen molar-refractivity contribution >= 4 is 25.5 Å². The van der Waals surface area contributed by atoms with Gasteiger partial charge in [0.1, 0.15) is 11.9 Å². The van der Waals surface area contributed by atoms with Crippen LogP contribution in [0.3, 0.4) is 0 Å². The lowest BCUT2D eigenvalue weighted by Crippen LogP contribution is -2.35. The van der Waals surface area contributed by atoms with E-state index in [9.17, 15) is 9.46 Å². The molecule has 2 aromatic rings. The fourth-order valence-corrected chi connectivity index (χ4v) is 4.95. The summed E-state index contributed by atoms with van der Waals surface area (Å²) in [6, 6.07) is 11.9. The highest BCUT2D eigenvalue weighted by molar-refractivity contribution is 7.47. The first-order valence-electron chi connectivity index (χ1n) is 8.45. The van der Waals surface area contributed by atoms with Crippen molar-refractivity contribution < 1.29 is 18.5 Å². The third-order valence-electron chi connectivity index (χ3n) is 5.03. The van der Waals surface area contributed by atoms with Crippen molar-refractivity contribution in [1.82, 2.24) is 0 Å². The van der Waals surface area contributed by atoms with Crippen molar-refractivity contribution in [2.45, 2.75) is 25.4 Å². The monoisotopic (exact) mass is 352 g/mol. The molecule has 5 heteroatoms. The topological polar surface area (TPSA) is 55.8 Å². The average molecular weight is 352 g/mol. The zero-order valence-corrected chi connectivity index (χ0v) is 14.4. The van der Waals surface area contributed by atoms with Gasteiger partial charge in [-0.1, -0.05) is 48.6 Å². The number of hydrogen-bond donors (Lipinski definition) is 1. The lowest BCUT2D eigenvalue weighted by Gasteiger charge is -2.23. The third-order valence-corrected chi connectivity index (χ3v) is 5.98. The standard InChI is InChI=1S/C20H17O4P/c21-25(22)23-17-11-9-13-5-1-3-7-15(13)19(17)20-16-8-4-2-6-14(16)10-12-18(20)24-25/h1,3-5,7-10,12,17H,2,6,11H2,(H,21,22). The van der Waals surface area contributed by atoms with Crippen molar-refractivity contribution in [2.75, 3.05) is 0 Å². The summed E-state index contributed by atoms with van der Waals surface area (Å²) in [6.07, 6.45) is 8.32. The highest BCUT2D eigenvalue weighted by Crippen LogP contribution is 2.53. The largest absolute Gasteiger partial charge is 0.528 e. The predicted octanol–water partition coefficient (Wildman–Crippen LogP) is 2.91. The molecule has 25 heavy (non-hydrogen) atoms. The van der Waals surface area contributed by atoms with Crippen molar-refractivity contribution in [3.05, 3.63) is 69.6 Å². The molecule has 2 aromatic carbocycles. The van der Waals surface area contributed by atoms with Crippen LogP contribution >= 0.6 is 7.82 Å². The summed E-state index contributed by atoms with van der Waals surface area (Å²) in [6.45, 7) is 0. The second kappa shape index (κ2) is 5.43. The molecular weight excluding hydrogens is 335 g/mol. The maximum Gasteiger partial charge on any atom is 0.528 e. The molecule has 3 aliphatic rings. The van der Waals surface area contributed by atoms with E-state index in [1.54, 1.807) is 6.07 Å². The molecule has 1 N–H and O–H groups in total. The number of allylic oxidation sites excluding steroid dienone is 1. The highest BCUT2D eigenvalue weighted by atomic mass is 31.2. The van der Waals surface area contributed by atoms with Gasteiger partial charge < -0.3 is 4.52 Å². The van der Waals surface area contributed by atoms with Gasteiger partial charge in [-0.05, 0) is 46.9 Å². The number of fused-ring (bicyclic) bond motifs is 6. The number of hydrogen-bond acceptors (Lipinski definition) is 3. The summed E-state index contributed by atoms with van der Waals surface area (Å²) in [5.41, 5.74) is 4.15. The number of phosphoric acid groups is 1. The first-order chi connectivity index (χ1) is 12.1. The molecule has 0 amide bonds. The minimum atomic E-state index is -4.16. The van der Waals surface area contributed by atoms with Crippen molar-refractivity contribution in [3.8, 4) is 5.75 Å². The van der Waals surface area contributed by atoms with Gasteiger partial charge in [-0.15, -0.1) is 0 Å². The third kappa shape index (κ3) is 2.41. The van der Waals surface area contributed by atoms with Gasteiger partial charge >= 0.3 is 7.82 Å². The van der Waals surface area contributed by atoms with Crippen molar-refractivity contribution in [1.29, 1.82) is 0 Å². The Labute approximate surface area is 145 Å². The normalized spacial score (nSPS) is 26.3. The van der Waals surface area contributed by atoms with E-state index in [0.29, 0.717) is 12.2 Å². The summed E-state index contributed by atoms with van der Waals surface area (Å²) in [5, 5.41) is 2.16. The molecule has 126 valence electrons. The molecule has 0 fully saturated rings. The number of benzene rings is 2. The van der Waals surface area contributed by atoms with Gasteiger partial charge in [-0.2, -0.15) is 0 Å². The van der Waals surface area contributed by atoms with Crippen LogP contribution in [-0.2, 0) is 15.5 Å². The second-order valence-electron chi connectivity index (χ2n) is 6.55. The highest BCUT2D eigenvalue weighted by Gasteiger charge is 2.38. The molecule has 0 spiro atoms. The van der Waals surface area contributed by atoms with Gasteiger partial charge in [0.05, 0.1) is 0 Å². The van der Waals surface area contributed by atoms with E-state index >= 15 is 0 Å². The molecule has 4 nitrogen and oxygen atoms in total. The van der Waals surface area contributed by atoms with E-state index in [4.69, 9.17) is 9.05 Å². The lowest BCUT2D eigenvalue weighted by atomic mass is 9.84. The van der Waals surface area contributed by atoms with Gasteiger partial charge in [0.15, 0.2) is 0 Å². The van der Waals surface area contributed by atoms with E-state index in [1.807, 2.05) is 24.3 Å². The second-order valence-corrected chi connectivity index (χ2v) is 7.88. The minimum Gasteiger partial charge on any atom is -0.403 e. The van der Waals surface area contributed by atoms with Crippen LogP contribution in [0.4, 0.5) is 0 Å². The summed E-state index contributed by atoms with van der Waals surface area (Å²) >= 11 is 0. The zero-order valence-electron chi connectivity index (χ0n) is 13.5.